The fourth-order valence-corrected chi connectivity index (χ4v) is 2.99. The number of pyridine rings is 1. The number of para-hydroxylation sites is 1. The van der Waals surface area contributed by atoms with Crippen LogP contribution < -0.4 is 20.3 Å². The maximum atomic E-state index is 12.4. The monoisotopic (exact) mass is 367 g/mol. The third kappa shape index (κ3) is 4.97. The predicted octanol–water partition coefficient (Wildman–Crippen LogP) is 1.95. The zero-order valence-electron chi connectivity index (χ0n) is 15.7. The average Bonchev–Trinajstić information content (AvgIpc) is 3.07. The number of guanidine groups is 1. The van der Waals surface area contributed by atoms with Crippen molar-refractivity contribution in [3.05, 3.63) is 54.2 Å². The van der Waals surface area contributed by atoms with Crippen LogP contribution in [-0.4, -0.2) is 43.1 Å². The second-order valence-electron chi connectivity index (χ2n) is 6.25. The first-order valence-electron chi connectivity index (χ1n) is 9.09. The summed E-state index contributed by atoms with van der Waals surface area (Å²) in [4.78, 5) is 23.2. The Labute approximate surface area is 159 Å². The van der Waals surface area contributed by atoms with Gasteiger partial charge < -0.3 is 20.3 Å². The Morgan fingerprint density at radius 1 is 1.26 bits per heavy atom. The molecule has 2 N–H and O–H groups in total. The summed E-state index contributed by atoms with van der Waals surface area (Å²) in [5.41, 5.74) is 1.74. The van der Waals surface area contributed by atoms with Gasteiger partial charge in [-0.25, -0.2) is 9.98 Å². The highest BCUT2D eigenvalue weighted by Crippen LogP contribution is 2.21. The second-order valence-corrected chi connectivity index (χ2v) is 6.25. The number of aliphatic imine (C=N–C) groups is 1. The Morgan fingerprint density at radius 3 is 2.81 bits per heavy atom. The van der Waals surface area contributed by atoms with Crippen LogP contribution in [0.2, 0.25) is 0 Å². The number of carbonyl (C=O) groups excluding carboxylic acids is 1. The summed E-state index contributed by atoms with van der Waals surface area (Å²) in [6.07, 6.45) is 0.441. The highest BCUT2D eigenvalue weighted by Gasteiger charge is 2.31. The fourth-order valence-electron chi connectivity index (χ4n) is 2.99. The van der Waals surface area contributed by atoms with E-state index in [2.05, 4.69) is 20.6 Å². The van der Waals surface area contributed by atoms with E-state index in [-0.39, 0.29) is 11.9 Å². The van der Waals surface area contributed by atoms with E-state index in [0.29, 0.717) is 31.3 Å². The highest BCUT2D eigenvalue weighted by atomic mass is 16.5. The molecule has 3 rings (SSSR count). The van der Waals surface area contributed by atoms with Gasteiger partial charge in [0.15, 0.2) is 5.96 Å². The molecule has 0 spiro atoms. The van der Waals surface area contributed by atoms with Crippen LogP contribution in [0.4, 0.5) is 5.69 Å². The molecule has 27 heavy (non-hydrogen) atoms. The Balaban J connectivity index is 1.64. The number of ether oxygens (including phenoxy) is 1. The molecular formula is C20H25N5O2. The van der Waals surface area contributed by atoms with Gasteiger partial charge in [-0.3, -0.25) is 4.79 Å². The van der Waals surface area contributed by atoms with Crippen molar-refractivity contribution >= 4 is 17.6 Å². The van der Waals surface area contributed by atoms with E-state index in [1.807, 2.05) is 54.3 Å². The van der Waals surface area contributed by atoms with E-state index in [1.165, 1.54) is 0 Å². The molecule has 1 unspecified atom stereocenters. The standard InChI is InChI=1S/C20H25N5O2/c1-3-21-20(22-13-15-8-7-11-18(23-15)27-2)24-16-12-19(26)25(14-16)17-9-5-4-6-10-17/h4-11,16H,3,12-14H2,1-2H3,(H2,21,22,24). The quantitative estimate of drug-likeness (QED) is 0.603. The van der Waals surface area contributed by atoms with Crippen molar-refractivity contribution in [2.45, 2.75) is 25.9 Å². The largest absolute Gasteiger partial charge is 0.481 e. The third-order valence-electron chi connectivity index (χ3n) is 4.27. The van der Waals surface area contributed by atoms with Crippen LogP contribution in [-0.2, 0) is 11.3 Å². The smallest absolute Gasteiger partial charge is 0.229 e. The van der Waals surface area contributed by atoms with E-state index in [0.717, 1.165) is 17.9 Å². The number of nitrogens with zero attached hydrogens (tertiary/aromatic N) is 3. The van der Waals surface area contributed by atoms with E-state index in [1.54, 1.807) is 13.2 Å². The number of anilines is 1. The number of nitrogens with one attached hydrogen (secondary N) is 2. The molecule has 2 heterocycles. The van der Waals surface area contributed by atoms with Crippen LogP contribution in [0.5, 0.6) is 5.88 Å². The molecule has 2 aromatic rings. The van der Waals surface area contributed by atoms with Gasteiger partial charge in [0.05, 0.1) is 25.4 Å². The number of hydrogen-bond donors (Lipinski definition) is 2. The molecule has 1 aromatic carbocycles. The Bertz CT molecular complexity index is 794. The molecule has 7 heteroatoms. The van der Waals surface area contributed by atoms with Crippen molar-refractivity contribution in [2.75, 3.05) is 25.1 Å². The van der Waals surface area contributed by atoms with Gasteiger partial charge in [0.25, 0.3) is 0 Å². The second kappa shape index (κ2) is 9.02. The van der Waals surface area contributed by atoms with Gasteiger partial charge in [-0.1, -0.05) is 24.3 Å². The van der Waals surface area contributed by atoms with Crippen molar-refractivity contribution in [1.82, 2.24) is 15.6 Å². The minimum Gasteiger partial charge on any atom is -0.481 e. The van der Waals surface area contributed by atoms with Gasteiger partial charge in [0.2, 0.25) is 11.8 Å². The molecule has 142 valence electrons. The third-order valence-corrected chi connectivity index (χ3v) is 4.27. The number of hydrogen-bond acceptors (Lipinski definition) is 4. The van der Waals surface area contributed by atoms with Gasteiger partial charge in [-0.15, -0.1) is 0 Å². The van der Waals surface area contributed by atoms with Crippen molar-refractivity contribution in [3.8, 4) is 5.88 Å². The minimum atomic E-state index is 0.00812. The molecule has 1 saturated heterocycles. The lowest BCUT2D eigenvalue weighted by Gasteiger charge is -2.19. The van der Waals surface area contributed by atoms with Gasteiger partial charge in [0, 0.05) is 31.3 Å². The zero-order valence-corrected chi connectivity index (χ0v) is 15.7. The molecule has 0 bridgehead atoms. The first-order valence-corrected chi connectivity index (χ1v) is 9.09. The lowest BCUT2D eigenvalue weighted by molar-refractivity contribution is -0.117. The summed E-state index contributed by atoms with van der Waals surface area (Å²) < 4.78 is 5.15. The number of benzene rings is 1. The summed E-state index contributed by atoms with van der Waals surface area (Å²) in [5.74, 6) is 1.36. The van der Waals surface area contributed by atoms with E-state index in [4.69, 9.17) is 4.74 Å². The molecule has 1 aromatic heterocycles. The van der Waals surface area contributed by atoms with Gasteiger partial charge in [-0.2, -0.15) is 0 Å². The number of amides is 1. The Hall–Kier alpha value is -3.09. The highest BCUT2D eigenvalue weighted by molar-refractivity contribution is 5.97. The molecule has 1 atom stereocenters. The van der Waals surface area contributed by atoms with E-state index >= 15 is 0 Å². The van der Waals surface area contributed by atoms with Crippen LogP contribution in [0.25, 0.3) is 0 Å². The summed E-state index contributed by atoms with van der Waals surface area (Å²) in [5, 5.41) is 6.59. The van der Waals surface area contributed by atoms with Crippen LogP contribution >= 0.6 is 0 Å². The average molecular weight is 367 g/mol. The van der Waals surface area contributed by atoms with Gasteiger partial charge >= 0.3 is 0 Å². The first-order chi connectivity index (χ1) is 13.2. The van der Waals surface area contributed by atoms with Crippen LogP contribution in [0.15, 0.2) is 53.5 Å². The zero-order chi connectivity index (χ0) is 19.1. The summed E-state index contributed by atoms with van der Waals surface area (Å²) in [6, 6.07) is 15.3. The number of rotatable bonds is 6. The van der Waals surface area contributed by atoms with Crippen LogP contribution in [0, 0.1) is 0 Å². The molecule has 0 aliphatic carbocycles. The van der Waals surface area contributed by atoms with Crippen molar-refractivity contribution in [1.29, 1.82) is 0 Å². The van der Waals surface area contributed by atoms with Crippen LogP contribution in [0.3, 0.4) is 0 Å². The maximum Gasteiger partial charge on any atom is 0.229 e. The van der Waals surface area contributed by atoms with E-state index < -0.39 is 0 Å². The molecule has 1 amide bonds. The fraction of sp³-hybridized carbons (Fsp3) is 0.350. The summed E-state index contributed by atoms with van der Waals surface area (Å²) >= 11 is 0. The molecule has 1 aliphatic heterocycles. The Kier molecular flexibility index (Phi) is 6.25. The van der Waals surface area contributed by atoms with Crippen molar-refractivity contribution in [2.24, 2.45) is 4.99 Å². The molecule has 7 nitrogen and oxygen atoms in total. The topological polar surface area (TPSA) is 78.9 Å². The van der Waals surface area contributed by atoms with Gasteiger partial charge in [-0.05, 0) is 25.1 Å². The van der Waals surface area contributed by atoms with Crippen molar-refractivity contribution in [3.63, 3.8) is 0 Å². The molecule has 1 fully saturated rings. The first kappa shape index (κ1) is 18.7. The maximum absolute atomic E-state index is 12.4. The SMILES string of the molecule is CCNC(=NCc1cccc(OC)n1)NC1CC(=O)N(c2ccccc2)C1. The number of methoxy groups -OCH3 is 1. The van der Waals surface area contributed by atoms with Crippen LogP contribution in [0.1, 0.15) is 19.0 Å². The predicted molar refractivity (Wildman–Crippen MR) is 106 cm³/mol. The normalized spacial score (nSPS) is 17.1. The lowest BCUT2D eigenvalue weighted by atomic mass is 10.2. The van der Waals surface area contributed by atoms with E-state index in [9.17, 15) is 4.79 Å². The Morgan fingerprint density at radius 2 is 2.07 bits per heavy atom. The molecule has 1 aliphatic rings. The summed E-state index contributed by atoms with van der Waals surface area (Å²) in [6.45, 7) is 3.79. The lowest BCUT2D eigenvalue weighted by Crippen LogP contribution is -2.44. The summed E-state index contributed by atoms with van der Waals surface area (Å²) in [7, 11) is 1.59. The minimum absolute atomic E-state index is 0.00812. The molecule has 0 radical (unpaired) electrons. The van der Waals surface area contributed by atoms with Crippen molar-refractivity contribution < 1.29 is 9.53 Å². The molecule has 0 saturated carbocycles. The van der Waals surface area contributed by atoms with Gasteiger partial charge in [0.1, 0.15) is 0 Å². The number of aromatic nitrogens is 1. The molecular weight excluding hydrogens is 342 g/mol. The number of carbonyl (C=O) groups is 1.